The Bertz CT molecular complexity index is 787. The number of rotatable bonds is 4. The number of pyridine rings is 2. The first kappa shape index (κ1) is 14.7. The van der Waals surface area contributed by atoms with Crippen LogP contribution in [0.5, 0.6) is 0 Å². The number of hydrogen-bond acceptors (Lipinski definition) is 4. The third kappa shape index (κ3) is 3.24. The molecule has 0 bridgehead atoms. The highest BCUT2D eigenvalue weighted by Gasteiger charge is 2.15. The van der Waals surface area contributed by atoms with Crippen molar-refractivity contribution in [2.24, 2.45) is 0 Å². The standard InChI is InChI=1S/C12H12ClN3O3S/c1-8-5-14-3-2-9(8)6-16-20(18,19)10-4-11(13)12(17)15-7-10/h2-5,7,16H,6H2,1H3,(H,15,17). The third-order valence-corrected chi connectivity index (χ3v) is 4.39. The van der Waals surface area contributed by atoms with Gasteiger partial charge in [-0.05, 0) is 30.2 Å². The quantitative estimate of drug-likeness (QED) is 0.887. The van der Waals surface area contributed by atoms with Gasteiger partial charge in [0.25, 0.3) is 5.56 Å². The summed E-state index contributed by atoms with van der Waals surface area (Å²) in [6.07, 6.45) is 4.35. The van der Waals surface area contributed by atoms with E-state index in [4.69, 9.17) is 11.6 Å². The maximum atomic E-state index is 12.1. The van der Waals surface area contributed by atoms with E-state index < -0.39 is 15.6 Å². The lowest BCUT2D eigenvalue weighted by atomic mass is 10.2. The van der Waals surface area contributed by atoms with Crippen LogP contribution in [-0.4, -0.2) is 18.4 Å². The molecule has 6 nitrogen and oxygen atoms in total. The molecule has 0 atom stereocenters. The number of halogens is 1. The van der Waals surface area contributed by atoms with Gasteiger partial charge in [0.05, 0.1) is 4.90 Å². The van der Waals surface area contributed by atoms with Crippen molar-refractivity contribution >= 4 is 21.6 Å². The van der Waals surface area contributed by atoms with E-state index in [-0.39, 0.29) is 16.5 Å². The lowest BCUT2D eigenvalue weighted by Gasteiger charge is -2.08. The molecule has 0 saturated heterocycles. The molecular formula is C12H12ClN3O3S. The average Bonchev–Trinajstić information content (AvgIpc) is 2.41. The molecule has 2 aromatic heterocycles. The number of hydrogen-bond donors (Lipinski definition) is 2. The van der Waals surface area contributed by atoms with Crippen LogP contribution in [0.4, 0.5) is 0 Å². The lowest BCUT2D eigenvalue weighted by molar-refractivity contribution is 0.580. The van der Waals surface area contributed by atoms with Gasteiger partial charge in [-0.1, -0.05) is 11.6 Å². The number of nitrogens with one attached hydrogen (secondary N) is 2. The van der Waals surface area contributed by atoms with Crippen LogP contribution in [0.1, 0.15) is 11.1 Å². The summed E-state index contributed by atoms with van der Waals surface area (Å²) in [6.45, 7) is 1.97. The number of aryl methyl sites for hydroxylation is 1. The van der Waals surface area contributed by atoms with Crippen LogP contribution in [-0.2, 0) is 16.6 Å². The van der Waals surface area contributed by atoms with E-state index in [2.05, 4.69) is 14.7 Å². The summed E-state index contributed by atoms with van der Waals surface area (Å²) in [5.74, 6) is 0. The van der Waals surface area contributed by atoms with Crippen molar-refractivity contribution in [3.63, 3.8) is 0 Å². The first-order valence-corrected chi connectivity index (χ1v) is 7.53. The molecule has 0 radical (unpaired) electrons. The maximum Gasteiger partial charge on any atom is 0.266 e. The zero-order chi connectivity index (χ0) is 14.8. The van der Waals surface area contributed by atoms with Gasteiger partial charge >= 0.3 is 0 Å². The number of H-pyrrole nitrogens is 1. The Hall–Kier alpha value is -1.70. The molecule has 0 aliphatic heterocycles. The van der Waals surface area contributed by atoms with Crippen molar-refractivity contribution in [3.05, 3.63) is 57.2 Å². The summed E-state index contributed by atoms with van der Waals surface area (Å²) in [6, 6.07) is 2.85. The maximum absolute atomic E-state index is 12.1. The Labute approximate surface area is 120 Å². The van der Waals surface area contributed by atoms with Crippen LogP contribution in [0, 0.1) is 6.92 Å². The fourth-order valence-electron chi connectivity index (χ4n) is 1.55. The molecule has 0 unspecified atom stereocenters. The summed E-state index contributed by atoms with van der Waals surface area (Å²) in [4.78, 5) is 17.2. The molecule has 0 fully saturated rings. The SMILES string of the molecule is Cc1cnccc1CNS(=O)(=O)c1c[nH]c(=O)c(Cl)c1. The van der Waals surface area contributed by atoms with Gasteiger partial charge in [0.1, 0.15) is 5.02 Å². The number of aromatic amines is 1. The smallest absolute Gasteiger partial charge is 0.266 e. The molecule has 0 aliphatic rings. The zero-order valence-corrected chi connectivity index (χ0v) is 12.1. The summed E-state index contributed by atoms with van der Waals surface area (Å²) < 4.78 is 26.6. The second-order valence-electron chi connectivity index (χ2n) is 4.14. The summed E-state index contributed by atoms with van der Waals surface area (Å²) >= 11 is 5.62. The normalized spacial score (nSPS) is 11.5. The highest BCUT2D eigenvalue weighted by molar-refractivity contribution is 7.89. The molecule has 0 aliphatic carbocycles. The predicted octanol–water partition coefficient (Wildman–Crippen LogP) is 1.21. The van der Waals surface area contributed by atoms with Gasteiger partial charge in [-0.2, -0.15) is 0 Å². The van der Waals surface area contributed by atoms with Gasteiger partial charge in [0.15, 0.2) is 0 Å². The summed E-state index contributed by atoms with van der Waals surface area (Å²) in [5, 5.41) is -0.173. The van der Waals surface area contributed by atoms with Crippen LogP contribution >= 0.6 is 11.6 Å². The molecule has 106 valence electrons. The Morgan fingerprint density at radius 2 is 2.20 bits per heavy atom. The molecule has 2 aromatic rings. The predicted molar refractivity (Wildman–Crippen MR) is 75.1 cm³/mol. The molecule has 2 heterocycles. The number of nitrogens with zero attached hydrogens (tertiary/aromatic N) is 1. The number of sulfonamides is 1. The van der Waals surface area contributed by atoms with Crippen molar-refractivity contribution in [1.82, 2.24) is 14.7 Å². The van der Waals surface area contributed by atoms with Gasteiger partial charge < -0.3 is 4.98 Å². The fourth-order valence-corrected chi connectivity index (χ4v) is 2.79. The van der Waals surface area contributed by atoms with E-state index in [0.717, 1.165) is 23.4 Å². The fraction of sp³-hybridized carbons (Fsp3) is 0.167. The summed E-state index contributed by atoms with van der Waals surface area (Å²) in [7, 11) is -3.74. The second-order valence-corrected chi connectivity index (χ2v) is 6.31. The van der Waals surface area contributed by atoms with E-state index >= 15 is 0 Å². The topological polar surface area (TPSA) is 91.9 Å². The second kappa shape index (κ2) is 5.74. The Morgan fingerprint density at radius 1 is 1.45 bits per heavy atom. The minimum absolute atomic E-state index is 0.0891. The van der Waals surface area contributed by atoms with Crippen molar-refractivity contribution < 1.29 is 8.42 Å². The Morgan fingerprint density at radius 3 is 2.85 bits per heavy atom. The third-order valence-electron chi connectivity index (χ3n) is 2.73. The van der Waals surface area contributed by atoms with Crippen LogP contribution in [0.15, 0.2) is 40.4 Å². The van der Waals surface area contributed by atoms with Gasteiger partial charge in [-0.25, -0.2) is 13.1 Å². The molecule has 0 spiro atoms. The molecule has 20 heavy (non-hydrogen) atoms. The van der Waals surface area contributed by atoms with Crippen molar-refractivity contribution in [2.45, 2.75) is 18.4 Å². The molecule has 2 rings (SSSR count). The van der Waals surface area contributed by atoms with Gasteiger partial charge in [0.2, 0.25) is 10.0 Å². The van der Waals surface area contributed by atoms with Crippen molar-refractivity contribution in [1.29, 1.82) is 0 Å². The average molecular weight is 314 g/mol. The van der Waals surface area contributed by atoms with E-state index in [1.54, 1.807) is 18.5 Å². The lowest BCUT2D eigenvalue weighted by Crippen LogP contribution is -2.24. The van der Waals surface area contributed by atoms with E-state index in [1.807, 2.05) is 6.92 Å². The van der Waals surface area contributed by atoms with Gasteiger partial charge in [-0.3, -0.25) is 9.78 Å². The molecule has 0 aromatic carbocycles. The zero-order valence-electron chi connectivity index (χ0n) is 10.6. The molecule has 2 N–H and O–H groups in total. The molecule has 0 saturated carbocycles. The van der Waals surface area contributed by atoms with Gasteiger partial charge in [-0.15, -0.1) is 0 Å². The monoisotopic (exact) mass is 313 g/mol. The van der Waals surface area contributed by atoms with Crippen LogP contribution in [0.25, 0.3) is 0 Å². The summed E-state index contributed by atoms with van der Waals surface area (Å²) in [5.41, 5.74) is 1.17. The highest BCUT2D eigenvalue weighted by Crippen LogP contribution is 2.12. The minimum atomic E-state index is -3.74. The molecular weight excluding hydrogens is 302 g/mol. The van der Waals surface area contributed by atoms with Crippen LogP contribution in [0.2, 0.25) is 5.02 Å². The Balaban J connectivity index is 2.21. The van der Waals surface area contributed by atoms with Crippen molar-refractivity contribution in [2.75, 3.05) is 0 Å². The van der Waals surface area contributed by atoms with Crippen LogP contribution < -0.4 is 10.3 Å². The molecule has 0 amide bonds. The van der Waals surface area contributed by atoms with E-state index in [9.17, 15) is 13.2 Å². The van der Waals surface area contributed by atoms with Crippen molar-refractivity contribution in [3.8, 4) is 0 Å². The Kier molecular flexibility index (Phi) is 4.22. The highest BCUT2D eigenvalue weighted by atomic mass is 35.5. The van der Waals surface area contributed by atoms with E-state index in [1.165, 1.54) is 0 Å². The minimum Gasteiger partial charge on any atom is -0.326 e. The largest absolute Gasteiger partial charge is 0.326 e. The van der Waals surface area contributed by atoms with Gasteiger partial charge in [0, 0.05) is 25.1 Å². The number of aromatic nitrogens is 2. The molecule has 8 heteroatoms. The first-order chi connectivity index (χ1) is 9.40. The van der Waals surface area contributed by atoms with Crippen LogP contribution in [0.3, 0.4) is 0 Å². The van der Waals surface area contributed by atoms with E-state index in [0.29, 0.717) is 0 Å². The first-order valence-electron chi connectivity index (χ1n) is 5.67.